The molecule has 126 valence electrons. The molecule has 1 aromatic heterocycles. The number of thiophene rings is 1. The highest BCUT2D eigenvalue weighted by molar-refractivity contribution is 7.18. The molecule has 0 fully saturated rings. The van der Waals surface area contributed by atoms with E-state index in [2.05, 4.69) is 0 Å². The summed E-state index contributed by atoms with van der Waals surface area (Å²) in [6.07, 6.45) is 0. The average molecular weight is 347 g/mol. The van der Waals surface area contributed by atoms with Crippen molar-refractivity contribution in [3.63, 3.8) is 0 Å². The smallest absolute Gasteiger partial charge is 0.348 e. The standard InChI is InChI=1S/C17H18FN3O2S/c1-3-23-17(22)15-13(12(8-19)16(20)24-15)10-21(2)9-11-6-4-5-7-14(11)18/h4-7H,3,9-10,20H2,1-2H3. The number of ether oxygens (including phenoxy) is 1. The lowest BCUT2D eigenvalue weighted by atomic mass is 10.1. The minimum atomic E-state index is -0.495. The fraction of sp³-hybridized carbons (Fsp3) is 0.294. The number of nitrogen functional groups attached to an aromatic ring is 1. The van der Waals surface area contributed by atoms with Crippen LogP contribution >= 0.6 is 11.3 Å². The fourth-order valence-corrected chi connectivity index (χ4v) is 3.29. The van der Waals surface area contributed by atoms with Gasteiger partial charge in [0, 0.05) is 24.2 Å². The van der Waals surface area contributed by atoms with Gasteiger partial charge in [0.25, 0.3) is 0 Å². The second kappa shape index (κ2) is 7.90. The van der Waals surface area contributed by atoms with Crippen LogP contribution in [0.2, 0.25) is 0 Å². The number of carbonyl (C=O) groups excluding carboxylic acids is 1. The normalized spacial score (nSPS) is 10.6. The molecule has 0 unspecified atom stereocenters. The molecule has 0 aliphatic rings. The second-order valence-electron chi connectivity index (χ2n) is 5.24. The Bertz CT molecular complexity index is 783. The summed E-state index contributed by atoms with van der Waals surface area (Å²) in [5, 5.41) is 9.60. The number of esters is 1. The van der Waals surface area contributed by atoms with Gasteiger partial charge in [0.15, 0.2) is 0 Å². The Hall–Kier alpha value is -2.43. The number of nitriles is 1. The van der Waals surface area contributed by atoms with Gasteiger partial charge in [-0.05, 0) is 20.0 Å². The van der Waals surface area contributed by atoms with Gasteiger partial charge in [0.05, 0.1) is 12.2 Å². The Balaban J connectivity index is 2.26. The molecule has 0 amide bonds. The summed E-state index contributed by atoms with van der Waals surface area (Å²) >= 11 is 1.05. The molecule has 0 atom stereocenters. The van der Waals surface area contributed by atoms with Crippen molar-refractivity contribution in [1.82, 2.24) is 4.90 Å². The molecular weight excluding hydrogens is 329 g/mol. The summed E-state index contributed by atoms with van der Waals surface area (Å²) < 4.78 is 18.8. The second-order valence-corrected chi connectivity index (χ2v) is 6.30. The maximum atomic E-state index is 13.8. The van der Waals surface area contributed by atoms with E-state index in [1.54, 1.807) is 32.2 Å². The van der Waals surface area contributed by atoms with Crippen molar-refractivity contribution >= 4 is 22.3 Å². The first-order valence-electron chi connectivity index (χ1n) is 7.38. The third kappa shape index (κ3) is 3.91. The molecule has 0 saturated carbocycles. The zero-order chi connectivity index (χ0) is 17.7. The number of carbonyl (C=O) groups is 1. The van der Waals surface area contributed by atoms with Crippen LogP contribution in [0, 0.1) is 17.1 Å². The van der Waals surface area contributed by atoms with E-state index < -0.39 is 5.97 Å². The fourth-order valence-electron chi connectivity index (χ4n) is 2.36. The van der Waals surface area contributed by atoms with Crippen molar-refractivity contribution in [1.29, 1.82) is 5.26 Å². The van der Waals surface area contributed by atoms with Crippen LogP contribution in [0.5, 0.6) is 0 Å². The number of anilines is 1. The molecule has 0 saturated heterocycles. The van der Waals surface area contributed by atoms with Crippen molar-refractivity contribution in [3.8, 4) is 6.07 Å². The van der Waals surface area contributed by atoms with E-state index in [-0.39, 0.29) is 23.0 Å². The molecular formula is C17H18FN3O2S. The van der Waals surface area contributed by atoms with E-state index in [0.717, 1.165) is 11.3 Å². The number of hydrogen-bond acceptors (Lipinski definition) is 6. The molecule has 0 spiro atoms. The number of hydrogen-bond donors (Lipinski definition) is 1. The summed E-state index contributed by atoms with van der Waals surface area (Å²) in [7, 11) is 1.79. The van der Waals surface area contributed by atoms with E-state index in [1.807, 2.05) is 11.0 Å². The first kappa shape index (κ1) is 17.9. The van der Waals surface area contributed by atoms with E-state index in [9.17, 15) is 14.4 Å². The van der Waals surface area contributed by atoms with Crippen LogP contribution in [0.4, 0.5) is 9.39 Å². The maximum absolute atomic E-state index is 13.8. The summed E-state index contributed by atoms with van der Waals surface area (Å²) in [6.45, 7) is 2.59. The predicted octanol–water partition coefficient (Wildman–Crippen LogP) is 3.15. The highest BCUT2D eigenvalue weighted by Crippen LogP contribution is 2.32. The molecule has 1 aromatic carbocycles. The minimum Gasteiger partial charge on any atom is -0.462 e. The van der Waals surface area contributed by atoms with Gasteiger partial charge in [-0.2, -0.15) is 5.26 Å². The Labute approximate surface area is 144 Å². The topological polar surface area (TPSA) is 79.3 Å². The average Bonchev–Trinajstić information content (AvgIpc) is 2.85. The zero-order valence-electron chi connectivity index (χ0n) is 13.5. The van der Waals surface area contributed by atoms with Crippen LogP contribution in [0.1, 0.15) is 33.3 Å². The molecule has 0 aliphatic carbocycles. The number of nitrogens with zero attached hydrogens (tertiary/aromatic N) is 2. The van der Waals surface area contributed by atoms with Crippen molar-refractivity contribution in [2.24, 2.45) is 0 Å². The Morgan fingerprint density at radius 3 is 2.75 bits per heavy atom. The Morgan fingerprint density at radius 1 is 1.42 bits per heavy atom. The SMILES string of the molecule is CCOC(=O)c1sc(N)c(C#N)c1CN(C)Cc1ccccc1F. The predicted molar refractivity (Wildman–Crippen MR) is 91.0 cm³/mol. The monoisotopic (exact) mass is 347 g/mol. The van der Waals surface area contributed by atoms with Gasteiger partial charge in [0.1, 0.15) is 21.8 Å². The van der Waals surface area contributed by atoms with Gasteiger partial charge in [0.2, 0.25) is 0 Å². The molecule has 0 bridgehead atoms. The third-order valence-electron chi connectivity index (χ3n) is 3.43. The molecule has 0 radical (unpaired) electrons. The van der Waals surface area contributed by atoms with Crippen LogP contribution in [-0.4, -0.2) is 24.5 Å². The van der Waals surface area contributed by atoms with Crippen LogP contribution < -0.4 is 5.73 Å². The van der Waals surface area contributed by atoms with Gasteiger partial charge in [-0.1, -0.05) is 18.2 Å². The van der Waals surface area contributed by atoms with E-state index in [4.69, 9.17) is 10.5 Å². The van der Waals surface area contributed by atoms with E-state index in [0.29, 0.717) is 29.1 Å². The molecule has 1 heterocycles. The van der Waals surface area contributed by atoms with Crippen molar-refractivity contribution < 1.29 is 13.9 Å². The summed E-state index contributed by atoms with van der Waals surface area (Å²) in [6, 6.07) is 8.53. The molecule has 2 rings (SSSR count). The number of benzene rings is 1. The molecule has 5 nitrogen and oxygen atoms in total. The summed E-state index contributed by atoms with van der Waals surface area (Å²) in [4.78, 5) is 14.2. The Kier molecular flexibility index (Phi) is 5.90. The lowest BCUT2D eigenvalue weighted by Gasteiger charge is -2.17. The summed E-state index contributed by atoms with van der Waals surface area (Å²) in [5.41, 5.74) is 7.20. The largest absolute Gasteiger partial charge is 0.462 e. The van der Waals surface area contributed by atoms with Crippen molar-refractivity contribution in [2.45, 2.75) is 20.0 Å². The van der Waals surface area contributed by atoms with Crippen molar-refractivity contribution in [3.05, 3.63) is 51.7 Å². The molecule has 7 heteroatoms. The Morgan fingerprint density at radius 2 is 2.12 bits per heavy atom. The molecule has 24 heavy (non-hydrogen) atoms. The van der Waals surface area contributed by atoms with Crippen LogP contribution in [-0.2, 0) is 17.8 Å². The van der Waals surface area contributed by atoms with Crippen LogP contribution in [0.3, 0.4) is 0 Å². The van der Waals surface area contributed by atoms with E-state index in [1.165, 1.54) is 6.07 Å². The summed E-state index contributed by atoms with van der Waals surface area (Å²) in [5.74, 6) is -0.787. The maximum Gasteiger partial charge on any atom is 0.348 e. The first-order valence-corrected chi connectivity index (χ1v) is 8.19. The number of rotatable bonds is 6. The molecule has 2 aromatic rings. The lowest BCUT2D eigenvalue weighted by molar-refractivity contribution is 0.0530. The van der Waals surface area contributed by atoms with Gasteiger partial charge >= 0.3 is 5.97 Å². The van der Waals surface area contributed by atoms with Crippen LogP contribution in [0.15, 0.2) is 24.3 Å². The highest BCUT2D eigenvalue weighted by atomic mass is 32.1. The zero-order valence-corrected chi connectivity index (χ0v) is 14.3. The lowest BCUT2D eigenvalue weighted by Crippen LogP contribution is -2.20. The molecule has 0 aliphatic heterocycles. The molecule has 2 N–H and O–H groups in total. The first-order chi connectivity index (χ1) is 11.5. The van der Waals surface area contributed by atoms with Gasteiger partial charge in [-0.25, -0.2) is 9.18 Å². The minimum absolute atomic E-state index is 0.239. The number of nitrogens with two attached hydrogens (primary N) is 1. The quantitative estimate of drug-likeness (QED) is 0.812. The van der Waals surface area contributed by atoms with Gasteiger partial charge in [-0.15, -0.1) is 11.3 Å². The highest BCUT2D eigenvalue weighted by Gasteiger charge is 2.23. The van der Waals surface area contributed by atoms with E-state index >= 15 is 0 Å². The van der Waals surface area contributed by atoms with Gasteiger partial charge in [-0.3, -0.25) is 4.90 Å². The van der Waals surface area contributed by atoms with Crippen molar-refractivity contribution in [2.75, 3.05) is 19.4 Å². The number of halogens is 1. The third-order valence-corrected chi connectivity index (χ3v) is 4.47. The van der Waals surface area contributed by atoms with Crippen LogP contribution in [0.25, 0.3) is 0 Å². The van der Waals surface area contributed by atoms with Gasteiger partial charge < -0.3 is 10.5 Å².